The van der Waals surface area contributed by atoms with Crippen molar-refractivity contribution in [2.24, 2.45) is 0 Å². The molecule has 0 saturated heterocycles. The predicted molar refractivity (Wildman–Crippen MR) is 111 cm³/mol. The largest absolute Gasteiger partial charge is 0.531 e. The third-order valence-electron chi connectivity index (χ3n) is 4.88. The fourth-order valence-electron chi connectivity index (χ4n) is 3.60. The van der Waals surface area contributed by atoms with Gasteiger partial charge in [0.2, 0.25) is 0 Å². The van der Waals surface area contributed by atoms with E-state index in [1.165, 1.54) is 0 Å². The molecule has 0 atom stereocenters. The Bertz CT molecular complexity index is 989. The zero-order valence-electron chi connectivity index (χ0n) is 14.7. The van der Waals surface area contributed by atoms with E-state index in [0.29, 0.717) is 0 Å². The molecule has 1 aliphatic heterocycles. The molecule has 0 spiro atoms. The molecule has 0 aromatic heterocycles. The van der Waals surface area contributed by atoms with Crippen LogP contribution in [0.4, 0.5) is 0 Å². The van der Waals surface area contributed by atoms with Crippen molar-refractivity contribution in [3.8, 4) is 22.6 Å². The first-order valence-corrected chi connectivity index (χ1v) is 10.9. The molecule has 0 saturated carbocycles. The van der Waals surface area contributed by atoms with Crippen LogP contribution in [0.5, 0.6) is 11.5 Å². The maximum Gasteiger partial charge on any atom is 0.531 e. The van der Waals surface area contributed by atoms with Gasteiger partial charge in [-0.2, -0.15) is 0 Å². The number of hydrogen-bond donors (Lipinski definition) is 0. The Morgan fingerprint density at radius 2 is 0.778 bits per heavy atom. The Morgan fingerprint density at radius 3 is 1.22 bits per heavy atom. The van der Waals surface area contributed by atoms with E-state index in [4.69, 9.17) is 8.85 Å². The van der Waals surface area contributed by atoms with Gasteiger partial charge in [-0.15, -0.1) is 0 Å². The first-order valence-electron chi connectivity index (χ1n) is 9.04. The van der Waals surface area contributed by atoms with E-state index < -0.39 is 8.56 Å². The van der Waals surface area contributed by atoms with Crippen LogP contribution < -0.4 is 19.2 Å². The minimum atomic E-state index is -2.99. The second kappa shape index (κ2) is 6.45. The number of fused-ring (bicyclic) bond motifs is 3. The summed E-state index contributed by atoms with van der Waals surface area (Å²) >= 11 is 0. The highest BCUT2D eigenvalue weighted by molar-refractivity contribution is 6.93. The summed E-state index contributed by atoms with van der Waals surface area (Å²) in [6.07, 6.45) is 0. The average Bonchev–Trinajstić information content (AvgIpc) is 2.90. The maximum absolute atomic E-state index is 6.82. The van der Waals surface area contributed by atoms with Crippen LogP contribution in [0.1, 0.15) is 0 Å². The van der Waals surface area contributed by atoms with Gasteiger partial charge in [-0.05, 0) is 12.1 Å². The zero-order chi connectivity index (χ0) is 18.1. The molecule has 4 aromatic rings. The lowest BCUT2D eigenvalue weighted by molar-refractivity contribution is 0.425. The van der Waals surface area contributed by atoms with Crippen LogP contribution >= 0.6 is 0 Å². The van der Waals surface area contributed by atoms with Crippen LogP contribution in [0.2, 0.25) is 0 Å². The zero-order valence-corrected chi connectivity index (χ0v) is 15.7. The molecule has 0 amide bonds. The van der Waals surface area contributed by atoms with E-state index in [1.807, 2.05) is 72.8 Å². The topological polar surface area (TPSA) is 18.5 Å². The lowest BCUT2D eigenvalue weighted by Crippen LogP contribution is -2.68. The Hall–Kier alpha value is -3.30. The van der Waals surface area contributed by atoms with E-state index in [0.717, 1.165) is 33.0 Å². The summed E-state index contributed by atoms with van der Waals surface area (Å²) in [4.78, 5) is 0. The van der Waals surface area contributed by atoms with E-state index in [9.17, 15) is 0 Å². The summed E-state index contributed by atoms with van der Waals surface area (Å²) in [6, 6.07) is 37.0. The molecular formula is C24H18O2Si. The number of hydrogen-bond acceptors (Lipinski definition) is 2. The van der Waals surface area contributed by atoms with Crippen molar-refractivity contribution >= 4 is 18.9 Å². The van der Waals surface area contributed by atoms with E-state index >= 15 is 0 Å². The average molecular weight is 366 g/mol. The molecule has 1 aliphatic rings. The highest BCUT2D eigenvalue weighted by atomic mass is 28.4. The maximum atomic E-state index is 6.82. The number of para-hydroxylation sites is 2. The molecule has 0 bridgehead atoms. The Balaban J connectivity index is 1.83. The van der Waals surface area contributed by atoms with Crippen LogP contribution in [-0.2, 0) is 0 Å². The molecule has 2 nitrogen and oxygen atoms in total. The normalized spacial score (nSPS) is 14.1. The van der Waals surface area contributed by atoms with Gasteiger partial charge in [0.1, 0.15) is 11.5 Å². The monoisotopic (exact) mass is 366 g/mol. The highest BCUT2D eigenvalue weighted by Crippen LogP contribution is 2.40. The summed E-state index contributed by atoms with van der Waals surface area (Å²) in [7, 11) is -2.99. The van der Waals surface area contributed by atoms with Gasteiger partial charge in [-0.25, -0.2) is 0 Å². The number of benzene rings is 4. The summed E-state index contributed by atoms with van der Waals surface area (Å²) in [5, 5.41) is 2.17. The van der Waals surface area contributed by atoms with Gasteiger partial charge in [-0.1, -0.05) is 97.1 Å². The fourth-order valence-corrected chi connectivity index (χ4v) is 6.69. The molecule has 3 heteroatoms. The molecular weight excluding hydrogens is 348 g/mol. The van der Waals surface area contributed by atoms with Crippen LogP contribution in [-0.4, -0.2) is 8.56 Å². The second-order valence-corrected chi connectivity index (χ2v) is 9.34. The number of rotatable bonds is 2. The van der Waals surface area contributed by atoms with Crippen molar-refractivity contribution in [1.29, 1.82) is 0 Å². The molecule has 0 aliphatic carbocycles. The summed E-state index contributed by atoms with van der Waals surface area (Å²) < 4.78 is 13.6. The van der Waals surface area contributed by atoms with Gasteiger partial charge in [0.25, 0.3) is 0 Å². The summed E-state index contributed by atoms with van der Waals surface area (Å²) in [5.74, 6) is 1.73. The Labute approximate surface area is 159 Å². The van der Waals surface area contributed by atoms with Gasteiger partial charge >= 0.3 is 8.56 Å². The molecule has 27 heavy (non-hydrogen) atoms. The smallest absolute Gasteiger partial charge is 0.505 e. The molecule has 0 fully saturated rings. The molecule has 5 rings (SSSR count). The summed E-state index contributed by atoms with van der Waals surface area (Å²) in [5.41, 5.74) is 2.13. The predicted octanol–water partition coefficient (Wildman–Crippen LogP) is 4.38. The Morgan fingerprint density at radius 1 is 0.407 bits per heavy atom. The van der Waals surface area contributed by atoms with Gasteiger partial charge in [0.05, 0.1) is 0 Å². The van der Waals surface area contributed by atoms with E-state index in [-0.39, 0.29) is 0 Å². The van der Waals surface area contributed by atoms with Crippen LogP contribution in [0.3, 0.4) is 0 Å². The first-order chi connectivity index (χ1) is 13.4. The molecule has 0 radical (unpaired) electrons. The SMILES string of the molecule is c1ccc([Si]2(c3ccccc3)Oc3ccccc3-c3ccccc3O2)cc1. The first kappa shape index (κ1) is 15.9. The van der Waals surface area contributed by atoms with Crippen molar-refractivity contribution < 1.29 is 8.85 Å². The molecule has 4 aromatic carbocycles. The summed E-state index contributed by atoms with van der Waals surface area (Å²) in [6.45, 7) is 0. The van der Waals surface area contributed by atoms with Crippen LogP contribution in [0.25, 0.3) is 11.1 Å². The lowest BCUT2D eigenvalue weighted by Gasteiger charge is -2.30. The van der Waals surface area contributed by atoms with Crippen LogP contribution in [0, 0.1) is 0 Å². The molecule has 1 heterocycles. The van der Waals surface area contributed by atoms with Crippen molar-refractivity contribution in [1.82, 2.24) is 0 Å². The fraction of sp³-hybridized carbons (Fsp3) is 0. The molecule has 0 N–H and O–H groups in total. The quantitative estimate of drug-likeness (QED) is 0.490. The molecule has 130 valence electrons. The third kappa shape index (κ3) is 2.64. The van der Waals surface area contributed by atoms with Gasteiger partial charge in [0.15, 0.2) is 0 Å². The minimum Gasteiger partial charge on any atom is -0.505 e. The Kier molecular flexibility index (Phi) is 3.80. The van der Waals surface area contributed by atoms with Crippen LogP contribution in [0.15, 0.2) is 109 Å². The third-order valence-corrected chi connectivity index (χ3v) is 8.08. The van der Waals surface area contributed by atoms with Crippen molar-refractivity contribution in [3.05, 3.63) is 109 Å². The van der Waals surface area contributed by atoms with E-state index in [2.05, 4.69) is 36.4 Å². The van der Waals surface area contributed by atoms with Crippen molar-refractivity contribution in [3.63, 3.8) is 0 Å². The van der Waals surface area contributed by atoms with Crippen molar-refractivity contribution in [2.75, 3.05) is 0 Å². The van der Waals surface area contributed by atoms with Gasteiger partial charge in [-0.3, -0.25) is 0 Å². The highest BCUT2D eigenvalue weighted by Gasteiger charge is 2.49. The van der Waals surface area contributed by atoms with Gasteiger partial charge < -0.3 is 8.85 Å². The molecule has 0 unspecified atom stereocenters. The lowest BCUT2D eigenvalue weighted by atomic mass is 10.0. The van der Waals surface area contributed by atoms with Gasteiger partial charge in [0, 0.05) is 21.5 Å². The minimum absolute atomic E-state index is 0.863. The standard InChI is InChI=1S/C24H18O2Si/c1-3-11-19(12-4-1)27(20-13-5-2-6-14-20)25-23-17-9-7-15-21(23)22-16-8-10-18-24(22)26-27/h1-18H. The second-order valence-electron chi connectivity index (χ2n) is 6.55. The van der Waals surface area contributed by atoms with Crippen molar-refractivity contribution in [2.45, 2.75) is 0 Å². The van der Waals surface area contributed by atoms with E-state index in [1.54, 1.807) is 0 Å².